The van der Waals surface area contributed by atoms with Gasteiger partial charge in [-0.15, -0.1) is 0 Å². The van der Waals surface area contributed by atoms with Gasteiger partial charge < -0.3 is 5.73 Å². The minimum atomic E-state index is -0.390. The van der Waals surface area contributed by atoms with Crippen LogP contribution in [0.15, 0.2) is 18.2 Å². The first-order chi connectivity index (χ1) is 9.10. The van der Waals surface area contributed by atoms with E-state index in [0.29, 0.717) is 17.9 Å². The van der Waals surface area contributed by atoms with Crippen molar-refractivity contribution in [1.29, 1.82) is 0 Å². The molecule has 3 unspecified atom stereocenters. The van der Waals surface area contributed by atoms with Crippen LogP contribution >= 0.6 is 0 Å². The molecule has 3 heteroatoms. The van der Waals surface area contributed by atoms with E-state index in [2.05, 4.69) is 6.92 Å². The second-order valence-corrected chi connectivity index (χ2v) is 5.80. The minimum Gasteiger partial charge on any atom is -0.327 e. The van der Waals surface area contributed by atoms with Gasteiger partial charge in [-0.2, -0.15) is 0 Å². The van der Waals surface area contributed by atoms with Crippen molar-refractivity contribution >= 4 is 0 Å². The van der Waals surface area contributed by atoms with Crippen LogP contribution in [0.2, 0.25) is 0 Å². The first kappa shape index (κ1) is 14.4. The van der Waals surface area contributed by atoms with Crippen LogP contribution in [0.4, 0.5) is 8.78 Å². The lowest BCUT2D eigenvalue weighted by Gasteiger charge is -2.32. The SMILES string of the molecule is CCC1CCCC(C(N)Cc2cc(F)ccc2F)C1. The Kier molecular flexibility index (Phi) is 4.92. The molecule has 3 atom stereocenters. The van der Waals surface area contributed by atoms with Crippen molar-refractivity contribution in [2.24, 2.45) is 17.6 Å². The molecule has 2 N–H and O–H groups in total. The monoisotopic (exact) mass is 267 g/mol. The van der Waals surface area contributed by atoms with Crippen molar-refractivity contribution in [3.63, 3.8) is 0 Å². The lowest BCUT2D eigenvalue weighted by atomic mass is 9.76. The molecule has 1 nitrogen and oxygen atoms in total. The highest BCUT2D eigenvalue weighted by Crippen LogP contribution is 2.33. The van der Waals surface area contributed by atoms with E-state index in [1.54, 1.807) is 0 Å². The first-order valence-electron chi connectivity index (χ1n) is 7.29. The van der Waals surface area contributed by atoms with Gasteiger partial charge in [-0.05, 0) is 54.9 Å². The summed E-state index contributed by atoms with van der Waals surface area (Å²) in [7, 11) is 0. The van der Waals surface area contributed by atoms with Gasteiger partial charge >= 0.3 is 0 Å². The second-order valence-electron chi connectivity index (χ2n) is 5.80. The van der Waals surface area contributed by atoms with Gasteiger partial charge in [-0.25, -0.2) is 8.78 Å². The summed E-state index contributed by atoms with van der Waals surface area (Å²) in [5, 5.41) is 0. The number of benzene rings is 1. The zero-order chi connectivity index (χ0) is 13.8. The number of hydrogen-bond acceptors (Lipinski definition) is 1. The third-order valence-corrected chi connectivity index (χ3v) is 4.47. The predicted octanol–water partition coefficient (Wildman–Crippen LogP) is 4.05. The highest BCUT2D eigenvalue weighted by Gasteiger charge is 2.26. The van der Waals surface area contributed by atoms with E-state index >= 15 is 0 Å². The quantitative estimate of drug-likeness (QED) is 0.875. The van der Waals surface area contributed by atoms with E-state index in [1.165, 1.54) is 31.4 Å². The van der Waals surface area contributed by atoms with Gasteiger partial charge in [-0.3, -0.25) is 0 Å². The smallest absolute Gasteiger partial charge is 0.126 e. The molecule has 0 aliphatic heterocycles. The molecule has 19 heavy (non-hydrogen) atoms. The molecule has 1 saturated carbocycles. The molecule has 1 aromatic carbocycles. The molecule has 1 fully saturated rings. The average Bonchev–Trinajstić information content (AvgIpc) is 2.43. The fourth-order valence-corrected chi connectivity index (χ4v) is 3.21. The van der Waals surface area contributed by atoms with Crippen LogP contribution in [0, 0.1) is 23.5 Å². The standard InChI is InChI=1S/C16H23F2N/c1-2-11-4-3-5-12(8-11)16(19)10-13-9-14(17)6-7-15(13)18/h6-7,9,11-12,16H,2-5,8,10,19H2,1H3. The van der Waals surface area contributed by atoms with Crippen molar-refractivity contribution in [3.05, 3.63) is 35.4 Å². The van der Waals surface area contributed by atoms with Crippen LogP contribution in [-0.4, -0.2) is 6.04 Å². The van der Waals surface area contributed by atoms with E-state index in [0.717, 1.165) is 24.8 Å². The Labute approximate surface area is 114 Å². The molecule has 1 aliphatic carbocycles. The third-order valence-electron chi connectivity index (χ3n) is 4.47. The first-order valence-corrected chi connectivity index (χ1v) is 7.29. The summed E-state index contributed by atoms with van der Waals surface area (Å²) in [6, 6.07) is 3.55. The third kappa shape index (κ3) is 3.75. The Morgan fingerprint density at radius 2 is 2.11 bits per heavy atom. The van der Waals surface area contributed by atoms with Gasteiger partial charge in [0.1, 0.15) is 11.6 Å². The molecule has 0 bridgehead atoms. The fourth-order valence-electron chi connectivity index (χ4n) is 3.21. The van der Waals surface area contributed by atoms with Crippen LogP contribution in [0.25, 0.3) is 0 Å². The summed E-state index contributed by atoms with van der Waals surface area (Å²) in [4.78, 5) is 0. The lowest BCUT2D eigenvalue weighted by Crippen LogP contribution is -2.35. The fraction of sp³-hybridized carbons (Fsp3) is 0.625. The molecule has 0 radical (unpaired) electrons. The van der Waals surface area contributed by atoms with Crippen molar-refractivity contribution in [2.45, 2.75) is 51.5 Å². The van der Waals surface area contributed by atoms with E-state index in [-0.39, 0.29) is 11.9 Å². The van der Waals surface area contributed by atoms with Crippen molar-refractivity contribution in [3.8, 4) is 0 Å². The van der Waals surface area contributed by atoms with Crippen LogP contribution in [-0.2, 0) is 6.42 Å². The van der Waals surface area contributed by atoms with Crippen molar-refractivity contribution in [2.75, 3.05) is 0 Å². The summed E-state index contributed by atoms with van der Waals surface area (Å²) >= 11 is 0. The molecule has 0 spiro atoms. The van der Waals surface area contributed by atoms with Gasteiger partial charge in [0.05, 0.1) is 0 Å². The highest BCUT2D eigenvalue weighted by molar-refractivity contribution is 5.20. The van der Waals surface area contributed by atoms with Gasteiger partial charge in [0.25, 0.3) is 0 Å². The van der Waals surface area contributed by atoms with Gasteiger partial charge in [0.2, 0.25) is 0 Å². The number of rotatable bonds is 4. The van der Waals surface area contributed by atoms with Crippen molar-refractivity contribution < 1.29 is 8.78 Å². The Morgan fingerprint density at radius 3 is 2.84 bits per heavy atom. The molecule has 0 saturated heterocycles. The van der Waals surface area contributed by atoms with Crippen LogP contribution in [0.5, 0.6) is 0 Å². The van der Waals surface area contributed by atoms with Crippen LogP contribution < -0.4 is 5.73 Å². The molecule has 0 heterocycles. The van der Waals surface area contributed by atoms with Crippen LogP contribution in [0.1, 0.15) is 44.6 Å². The van der Waals surface area contributed by atoms with Gasteiger partial charge in [0, 0.05) is 6.04 Å². The summed E-state index contributed by atoms with van der Waals surface area (Å²) in [6.45, 7) is 2.21. The Bertz CT molecular complexity index is 419. The Hall–Kier alpha value is -0.960. The normalized spacial score (nSPS) is 25.3. The molecule has 106 valence electrons. The topological polar surface area (TPSA) is 26.0 Å². The molecule has 0 amide bonds. The Balaban J connectivity index is 2.00. The maximum absolute atomic E-state index is 13.6. The summed E-state index contributed by atoms with van der Waals surface area (Å²) < 4.78 is 26.8. The number of nitrogens with two attached hydrogens (primary N) is 1. The molecule has 1 aromatic rings. The van der Waals surface area contributed by atoms with E-state index < -0.39 is 5.82 Å². The van der Waals surface area contributed by atoms with Gasteiger partial charge in [-0.1, -0.05) is 26.2 Å². The molecular weight excluding hydrogens is 244 g/mol. The largest absolute Gasteiger partial charge is 0.327 e. The molecule has 1 aliphatic rings. The summed E-state index contributed by atoms with van der Waals surface area (Å²) in [5.41, 5.74) is 6.64. The van der Waals surface area contributed by atoms with Crippen LogP contribution in [0.3, 0.4) is 0 Å². The highest BCUT2D eigenvalue weighted by atomic mass is 19.1. The predicted molar refractivity (Wildman–Crippen MR) is 73.8 cm³/mol. The van der Waals surface area contributed by atoms with E-state index in [9.17, 15) is 8.78 Å². The summed E-state index contributed by atoms with van der Waals surface area (Å²) in [6.07, 6.45) is 6.38. The zero-order valence-corrected chi connectivity index (χ0v) is 11.5. The second kappa shape index (κ2) is 6.47. The summed E-state index contributed by atoms with van der Waals surface area (Å²) in [5.74, 6) is 0.460. The lowest BCUT2D eigenvalue weighted by molar-refractivity contribution is 0.228. The van der Waals surface area contributed by atoms with E-state index in [1.807, 2.05) is 0 Å². The average molecular weight is 267 g/mol. The molecule has 2 rings (SSSR count). The zero-order valence-electron chi connectivity index (χ0n) is 11.5. The molecular formula is C16H23F2N. The molecule has 0 aromatic heterocycles. The number of hydrogen-bond donors (Lipinski definition) is 1. The Morgan fingerprint density at radius 1 is 1.32 bits per heavy atom. The van der Waals surface area contributed by atoms with Crippen molar-refractivity contribution in [1.82, 2.24) is 0 Å². The van der Waals surface area contributed by atoms with E-state index in [4.69, 9.17) is 5.73 Å². The minimum absolute atomic E-state index is 0.0642. The number of halogens is 2. The maximum Gasteiger partial charge on any atom is 0.126 e. The maximum atomic E-state index is 13.6. The van der Waals surface area contributed by atoms with Gasteiger partial charge in [0.15, 0.2) is 0 Å².